The predicted molar refractivity (Wildman–Crippen MR) is 292 cm³/mol. The topological polar surface area (TPSA) is 95.9 Å². The van der Waals surface area contributed by atoms with Gasteiger partial charge in [0.15, 0.2) is 0 Å². The number of unbranched alkanes of at least 4 members (excludes halogenated alkanes) is 44. The van der Waals surface area contributed by atoms with Crippen molar-refractivity contribution in [2.45, 2.75) is 353 Å². The molecule has 0 heterocycles. The fourth-order valence-electron chi connectivity index (χ4n) is 9.64. The smallest absolute Gasteiger partial charge is 0.305 e. The van der Waals surface area contributed by atoms with Gasteiger partial charge in [-0.05, 0) is 51.4 Å². The maximum absolute atomic E-state index is 12.5. The highest BCUT2D eigenvalue weighted by Crippen LogP contribution is 2.18. The number of rotatable bonds is 57. The monoisotopic (exact) mass is 946 g/mol. The van der Waals surface area contributed by atoms with E-state index in [1.54, 1.807) is 0 Å². The Balaban J connectivity index is 3.37. The van der Waals surface area contributed by atoms with Crippen molar-refractivity contribution in [2.24, 2.45) is 0 Å². The van der Waals surface area contributed by atoms with Crippen LogP contribution in [0.25, 0.3) is 0 Å². The summed E-state index contributed by atoms with van der Waals surface area (Å²) in [5, 5.41) is 23.2. The summed E-state index contributed by atoms with van der Waals surface area (Å²) in [6, 6.07) is -0.542. The van der Waals surface area contributed by atoms with Gasteiger partial charge in [-0.1, -0.05) is 289 Å². The Labute approximate surface area is 419 Å². The summed E-state index contributed by atoms with van der Waals surface area (Å²) < 4.78 is 5.49. The van der Waals surface area contributed by atoms with Gasteiger partial charge in [0.2, 0.25) is 5.91 Å². The largest absolute Gasteiger partial charge is 0.466 e. The number of carbonyl (C=O) groups excluding carboxylic acids is 2. The van der Waals surface area contributed by atoms with Gasteiger partial charge in [0.1, 0.15) is 0 Å². The lowest BCUT2D eigenvalue weighted by Crippen LogP contribution is -2.45. The molecule has 0 aliphatic heterocycles. The van der Waals surface area contributed by atoms with Crippen molar-refractivity contribution in [1.82, 2.24) is 5.32 Å². The van der Waals surface area contributed by atoms with Crippen LogP contribution in [0.2, 0.25) is 0 Å². The maximum atomic E-state index is 12.5. The van der Waals surface area contributed by atoms with E-state index in [1.165, 1.54) is 263 Å². The Bertz CT molecular complexity index is 1000. The van der Waals surface area contributed by atoms with Crippen molar-refractivity contribution in [3.63, 3.8) is 0 Å². The molecule has 398 valence electrons. The molecule has 0 fully saturated rings. The minimum atomic E-state index is -0.665. The number of hydrogen-bond acceptors (Lipinski definition) is 5. The van der Waals surface area contributed by atoms with Gasteiger partial charge in [0.25, 0.3) is 0 Å². The van der Waals surface area contributed by atoms with Crippen LogP contribution in [-0.2, 0) is 14.3 Å². The SMILES string of the molecule is CCCCCCCCC/C=C\CCCCCCCCCC(=O)OCCCCCCCCCCCCCCCCCCCCCC(=O)NC(CO)C(O)CCCCCCCCCCCCCCC. The van der Waals surface area contributed by atoms with Crippen LogP contribution in [0.1, 0.15) is 341 Å². The summed E-state index contributed by atoms with van der Waals surface area (Å²) in [6.45, 7) is 4.96. The van der Waals surface area contributed by atoms with Crippen LogP contribution in [0.15, 0.2) is 12.2 Å². The standard InChI is InChI=1S/C61H119NO5/c1-3-5-7-9-11-13-15-17-18-19-24-27-31-35-39-43-47-51-55-61(66)67-56-52-48-44-40-36-32-28-25-22-20-21-23-26-30-34-38-42-46-50-54-60(65)62-58(57-63)59(64)53-49-45-41-37-33-29-16-14-12-10-8-6-4-2/h18-19,58-59,63-64H,3-17,20-57H2,1-2H3,(H,62,65)/b19-18-. The molecule has 0 aromatic carbocycles. The average Bonchev–Trinajstić information content (AvgIpc) is 3.33. The Morgan fingerprint density at radius 1 is 0.403 bits per heavy atom. The molecule has 2 unspecified atom stereocenters. The molecule has 0 saturated carbocycles. The Hall–Kier alpha value is -1.40. The van der Waals surface area contributed by atoms with Crippen molar-refractivity contribution in [3.05, 3.63) is 12.2 Å². The predicted octanol–water partition coefficient (Wildman–Crippen LogP) is 18.9. The molecule has 0 spiro atoms. The number of carbonyl (C=O) groups is 2. The molecule has 1 amide bonds. The molecule has 0 rings (SSSR count). The van der Waals surface area contributed by atoms with Gasteiger partial charge in [-0.25, -0.2) is 0 Å². The van der Waals surface area contributed by atoms with Crippen molar-refractivity contribution in [1.29, 1.82) is 0 Å². The Morgan fingerprint density at radius 2 is 0.701 bits per heavy atom. The first-order valence-electron chi connectivity index (χ1n) is 30.4. The van der Waals surface area contributed by atoms with Crippen LogP contribution in [0.4, 0.5) is 0 Å². The third-order valence-corrected chi connectivity index (χ3v) is 14.3. The minimum absolute atomic E-state index is 0.00684. The highest BCUT2D eigenvalue weighted by atomic mass is 16.5. The molecule has 0 aromatic rings. The van der Waals surface area contributed by atoms with E-state index in [9.17, 15) is 19.8 Å². The van der Waals surface area contributed by atoms with E-state index in [0.29, 0.717) is 25.9 Å². The summed E-state index contributed by atoms with van der Waals surface area (Å²) in [6.07, 6.45) is 67.8. The molecular weight excluding hydrogens is 827 g/mol. The molecular formula is C61H119NO5. The molecule has 0 aliphatic carbocycles. The van der Waals surface area contributed by atoms with Crippen molar-refractivity contribution in [2.75, 3.05) is 13.2 Å². The number of nitrogens with one attached hydrogen (secondary N) is 1. The molecule has 0 radical (unpaired) electrons. The van der Waals surface area contributed by atoms with Gasteiger partial charge in [0.05, 0.1) is 25.4 Å². The summed E-state index contributed by atoms with van der Waals surface area (Å²) >= 11 is 0. The second kappa shape index (κ2) is 57.2. The molecule has 3 N–H and O–H groups in total. The Kier molecular flexibility index (Phi) is 56.0. The first-order valence-corrected chi connectivity index (χ1v) is 30.4. The van der Waals surface area contributed by atoms with E-state index in [-0.39, 0.29) is 18.5 Å². The molecule has 67 heavy (non-hydrogen) atoms. The van der Waals surface area contributed by atoms with Crippen molar-refractivity contribution >= 4 is 11.9 Å². The van der Waals surface area contributed by atoms with Crippen molar-refractivity contribution in [3.8, 4) is 0 Å². The van der Waals surface area contributed by atoms with E-state index in [0.717, 1.165) is 44.9 Å². The summed E-state index contributed by atoms with van der Waals surface area (Å²) in [7, 11) is 0. The van der Waals surface area contributed by atoms with Crippen LogP contribution in [0.3, 0.4) is 0 Å². The normalized spacial score (nSPS) is 12.6. The zero-order chi connectivity index (χ0) is 48.6. The lowest BCUT2D eigenvalue weighted by Gasteiger charge is -2.22. The first-order chi connectivity index (χ1) is 33.0. The van der Waals surface area contributed by atoms with Gasteiger partial charge in [-0.2, -0.15) is 0 Å². The highest BCUT2D eigenvalue weighted by Gasteiger charge is 2.20. The van der Waals surface area contributed by atoms with Crippen LogP contribution < -0.4 is 5.32 Å². The van der Waals surface area contributed by atoms with E-state index < -0.39 is 12.1 Å². The molecule has 0 bridgehead atoms. The molecule has 0 aromatic heterocycles. The summed E-state index contributed by atoms with van der Waals surface area (Å²) in [5.74, 6) is -0.0295. The Morgan fingerprint density at radius 3 is 1.06 bits per heavy atom. The second-order valence-electron chi connectivity index (χ2n) is 21.0. The maximum Gasteiger partial charge on any atom is 0.305 e. The number of allylic oxidation sites excluding steroid dienone is 2. The molecule has 6 nitrogen and oxygen atoms in total. The third-order valence-electron chi connectivity index (χ3n) is 14.3. The summed E-state index contributed by atoms with van der Waals surface area (Å²) in [4.78, 5) is 24.5. The molecule has 0 saturated heterocycles. The second-order valence-corrected chi connectivity index (χ2v) is 21.0. The minimum Gasteiger partial charge on any atom is -0.466 e. The first kappa shape index (κ1) is 65.6. The van der Waals surface area contributed by atoms with Crippen molar-refractivity contribution < 1.29 is 24.5 Å². The van der Waals surface area contributed by atoms with Gasteiger partial charge >= 0.3 is 5.97 Å². The summed E-state index contributed by atoms with van der Waals surface area (Å²) in [5.41, 5.74) is 0. The zero-order valence-electron chi connectivity index (χ0n) is 45.4. The fourth-order valence-corrected chi connectivity index (χ4v) is 9.64. The lowest BCUT2D eigenvalue weighted by atomic mass is 10.0. The van der Waals surface area contributed by atoms with Crippen LogP contribution in [0.5, 0.6) is 0 Å². The van der Waals surface area contributed by atoms with E-state index in [2.05, 4.69) is 31.3 Å². The quantitative estimate of drug-likeness (QED) is 0.0321. The lowest BCUT2D eigenvalue weighted by molar-refractivity contribution is -0.143. The van der Waals surface area contributed by atoms with Gasteiger partial charge in [-0.15, -0.1) is 0 Å². The number of esters is 1. The van der Waals surface area contributed by atoms with Crippen LogP contribution >= 0.6 is 0 Å². The van der Waals surface area contributed by atoms with E-state index in [4.69, 9.17) is 4.74 Å². The molecule has 2 atom stereocenters. The molecule has 0 aliphatic rings. The number of amides is 1. The van der Waals surface area contributed by atoms with Gasteiger partial charge < -0.3 is 20.3 Å². The number of hydrogen-bond donors (Lipinski definition) is 3. The molecule has 6 heteroatoms. The van der Waals surface area contributed by atoms with Crippen LogP contribution in [-0.4, -0.2) is 47.4 Å². The van der Waals surface area contributed by atoms with Crippen LogP contribution in [0, 0.1) is 0 Å². The zero-order valence-corrected chi connectivity index (χ0v) is 45.4. The average molecular weight is 947 g/mol. The van der Waals surface area contributed by atoms with E-state index in [1.807, 2.05) is 0 Å². The van der Waals surface area contributed by atoms with Gasteiger partial charge in [0, 0.05) is 12.8 Å². The van der Waals surface area contributed by atoms with E-state index >= 15 is 0 Å². The fraction of sp³-hybridized carbons (Fsp3) is 0.934. The number of ether oxygens (including phenoxy) is 1. The number of aliphatic hydroxyl groups is 2. The number of aliphatic hydroxyl groups excluding tert-OH is 2. The van der Waals surface area contributed by atoms with Gasteiger partial charge in [-0.3, -0.25) is 9.59 Å². The highest BCUT2D eigenvalue weighted by molar-refractivity contribution is 5.76. The third kappa shape index (κ3) is 53.8.